The monoisotopic (exact) mass is 350 g/mol. The number of methoxy groups -OCH3 is 1. The van der Waals surface area contributed by atoms with E-state index in [0.717, 1.165) is 0 Å². The van der Waals surface area contributed by atoms with Crippen molar-refractivity contribution in [1.82, 2.24) is 0 Å². The Morgan fingerprint density at radius 1 is 1.17 bits per heavy atom. The molecule has 0 saturated carbocycles. The standard InChI is InChI=1S/C18H20FO4P/c1-11(10-21-3)22-15-4-13(12(2)20)5-16(8-15)23-17-6-14(19)7-18(24)9-17/h4-9,11,20H,2,10,24H2,1,3H3. The fourth-order valence-electron chi connectivity index (χ4n) is 2.15. The molecular formula is C18H20FO4P. The van der Waals surface area contributed by atoms with Crippen LogP contribution in [0.15, 0.2) is 43.0 Å². The van der Waals surface area contributed by atoms with E-state index >= 15 is 0 Å². The predicted octanol–water partition coefficient (Wildman–Crippen LogP) is 4.06. The van der Waals surface area contributed by atoms with Gasteiger partial charge >= 0.3 is 0 Å². The fourth-order valence-corrected chi connectivity index (χ4v) is 2.47. The first kappa shape index (κ1) is 18.2. The zero-order valence-corrected chi connectivity index (χ0v) is 14.7. The Morgan fingerprint density at radius 2 is 1.83 bits per heavy atom. The molecule has 2 aromatic carbocycles. The maximum Gasteiger partial charge on any atom is 0.131 e. The first-order valence-corrected chi connectivity index (χ1v) is 7.88. The normalized spacial score (nSPS) is 11.8. The van der Waals surface area contributed by atoms with Crippen molar-refractivity contribution < 1.29 is 23.7 Å². The van der Waals surface area contributed by atoms with Gasteiger partial charge in [-0.05, 0) is 36.5 Å². The molecule has 0 amide bonds. The van der Waals surface area contributed by atoms with Gasteiger partial charge in [0.2, 0.25) is 0 Å². The molecular weight excluding hydrogens is 330 g/mol. The van der Waals surface area contributed by atoms with E-state index in [-0.39, 0.29) is 11.9 Å². The van der Waals surface area contributed by atoms with Crippen molar-refractivity contribution in [3.63, 3.8) is 0 Å². The molecule has 128 valence electrons. The van der Waals surface area contributed by atoms with Gasteiger partial charge in [-0.1, -0.05) is 6.58 Å². The van der Waals surface area contributed by atoms with Crippen LogP contribution in [0.25, 0.3) is 5.76 Å². The van der Waals surface area contributed by atoms with Crippen LogP contribution in [0.1, 0.15) is 12.5 Å². The lowest BCUT2D eigenvalue weighted by atomic mass is 10.1. The van der Waals surface area contributed by atoms with Crippen LogP contribution >= 0.6 is 9.24 Å². The van der Waals surface area contributed by atoms with Crippen molar-refractivity contribution in [2.24, 2.45) is 0 Å². The molecule has 4 nitrogen and oxygen atoms in total. The smallest absolute Gasteiger partial charge is 0.131 e. The SMILES string of the molecule is C=C(O)c1cc(Oc2cc(F)cc(P)c2)cc(OC(C)COC)c1. The highest BCUT2D eigenvalue weighted by molar-refractivity contribution is 7.27. The van der Waals surface area contributed by atoms with Gasteiger partial charge in [-0.25, -0.2) is 4.39 Å². The van der Waals surface area contributed by atoms with Crippen LogP contribution in [0.2, 0.25) is 0 Å². The molecule has 6 heteroatoms. The summed E-state index contributed by atoms with van der Waals surface area (Å²) in [5, 5.41) is 10.3. The highest BCUT2D eigenvalue weighted by Gasteiger charge is 2.10. The van der Waals surface area contributed by atoms with Crippen LogP contribution in [-0.2, 0) is 4.74 Å². The van der Waals surface area contributed by atoms with Crippen molar-refractivity contribution in [1.29, 1.82) is 0 Å². The molecule has 0 saturated heterocycles. The van der Waals surface area contributed by atoms with Crippen molar-refractivity contribution in [2.75, 3.05) is 13.7 Å². The second-order valence-corrected chi connectivity index (χ2v) is 6.01. The Hall–Kier alpha value is -2.10. The number of hydrogen-bond donors (Lipinski definition) is 1. The molecule has 24 heavy (non-hydrogen) atoms. The predicted molar refractivity (Wildman–Crippen MR) is 95.9 cm³/mol. The lowest BCUT2D eigenvalue weighted by Crippen LogP contribution is -2.18. The lowest BCUT2D eigenvalue weighted by molar-refractivity contribution is 0.0919. The molecule has 2 atom stereocenters. The minimum absolute atomic E-state index is 0.115. The van der Waals surface area contributed by atoms with Gasteiger partial charge < -0.3 is 19.3 Å². The number of hydrogen-bond acceptors (Lipinski definition) is 4. The van der Waals surface area contributed by atoms with E-state index in [0.29, 0.717) is 34.7 Å². The molecule has 0 aliphatic carbocycles. The van der Waals surface area contributed by atoms with Crippen molar-refractivity contribution in [3.8, 4) is 17.2 Å². The fraction of sp³-hybridized carbons (Fsp3) is 0.222. The molecule has 0 aliphatic heterocycles. The Kier molecular flexibility index (Phi) is 6.18. The molecule has 0 heterocycles. The molecule has 0 fully saturated rings. The minimum Gasteiger partial charge on any atom is -0.508 e. The molecule has 2 aromatic rings. The van der Waals surface area contributed by atoms with Crippen molar-refractivity contribution in [2.45, 2.75) is 13.0 Å². The van der Waals surface area contributed by atoms with Crippen LogP contribution in [0.4, 0.5) is 4.39 Å². The molecule has 0 aromatic heterocycles. The van der Waals surface area contributed by atoms with Crippen LogP contribution in [0.5, 0.6) is 17.2 Å². The molecule has 2 unspecified atom stereocenters. The molecule has 0 aliphatic rings. The molecule has 0 radical (unpaired) electrons. The summed E-state index contributed by atoms with van der Waals surface area (Å²) in [7, 11) is 4.01. The number of ether oxygens (including phenoxy) is 3. The van der Waals surface area contributed by atoms with Crippen molar-refractivity contribution in [3.05, 3.63) is 54.4 Å². The maximum atomic E-state index is 13.5. The zero-order valence-electron chi connectivity index (χ0n) is 13.6. The number of rotatable bonds is 7. The van der Waals surface area contributed by atoms with E-state index in [1.54, 1.807) is 31.4 Å². The third-order valence-electron chi connectivity index (χ3n) is 3.08. The first-order chi connectivity index (χ1) is 11.4. The molecule has 2 rings (SSSR count). The quantitative estimate of drug-likeness (QED) is 0.604. The average Bonchev–Trinajstić information content (AvgIpc) is 2.45. The Morgan fingerprint density at radius 3 is 2.46 bits per heavy atom. The minimum atomic E-state index is -0.398. The lowest BCUT2D eigenvalue weighted by Gasteiger charge is -2.16. The average molecular weight is 350 g/mol. The topological polar surface area (TPSA) is 47.9 Å². The van der Waals surface area contributed by atoms with E-state index in [4.69, 9.17) is 14.2 Å². The van der Waals surface area contributed by atoms with E-state index in [2.05, 4.69) is 15.8 Å². The summed E-state index contributed by atoms with van der Waals surface area (Å²) in [6.45, 7) is 5.79. The van der Waals surface area contributed by atoms with Crippen molar-refractivity contribution >= 4 is 20.3 Å². The summed E-state index contributed by atoms with van der Waals surface area (Å²) in [5.74, 6) is 0.722. The van der Waals surface area contributed by atoms with Gasteiger partial charge in [-0.3, -0.25) is 0 Å². The second kappa shape index (κ2) is 8.13. The van der Waals surface area contributed by atoms with E-state index in [1.807, 2.05) is 6.92 Å². The number of halogens is 1. The van der Waals surface area contributed by atoms with Crippen LogP contribution in [0.3, 0.4) is 0 Å². The van der Waals surface area contributed by atoms with Gasteiger partial charge in [0.1, 0.15) is 34.9 Å². The summed E-state index contributed by atoms with van der Waals surface area (Å²) in [4.78, 5) is 0. The zero-order chi connectivity index (χ0) is 17.7. The Labute approximate surface area is 143 Å². The Bertz CT molecular complexity index is 713. The van der Waals surface area contributed by atoms with Gasteiger partial charge in [-0.15, -0.1) is 9.24 Å². The van der Waals surface area contributed by atoms with Gasteiger partial charge in [0.15, 0.2) is 0 Å². The van der Waals surface area contributed by atoms with Crippen LogP contribution in [0, 0.1) is 5.82 Å². The Balaban J connectivity index is 2.30. The van der Waals surface area contributed by atoms with Crippen LogP contribution < -0.4 is 14.8 Å². The van der Waals surface area contributed by atoms with Gasteiger partial charge in [0.05, 0.1) is 6.61 Å². The number of aliphatic hydroxyl groups is 1. The number of aliphatic hydroxyl groups excluding tert-OH is 1. The first-order valence-electron chi connectivity index (χ1n) is 7.30. The maximum absolute atomic E-state index is 13.5. The summed E-state index contributed by atoms with van der Waals surface area (Å²) in [6, 6.07) is 9.25. The molecule has 1 N–H and O–H groups in total. The second-order valence-electron chi connectivity index (χ2n) is 5.35. The molecule has 0 spiro atoms. The van der Waals surface area contributed by atoms with Gasteiger partial charge in [0, 0.05) is 24.8 Å². The molecule has 0 bridgehead atoms. The summed E-state index contributed by atoms with van der Waals surface area (Å²) < 4.78 is 30.0. The third kappa shape index (κ3) is 5.22. The van der Waals surface area contributed by atoms with E-state index in [1.165, 1.54) is 12.1 Å². The number of benzene rings is 2. The highest BCUT2D eigenvalue weighted by Crippen LogP contribution is 2.30. The third-order valence-corrected chi connectivity index (χ3v) is 3.41. The van der Waals surface area contributed by atoms with Gasteiger partial charge in [-0.2, -0.15) is 0 Å². The van der Waals surface area contributed by atoms with Crippen LogP contribution in [-0.4, -0.2) is 24.9 Å². The highest BCUT2D eigenvalue weighted by atomic mass is 31.0. The van der Waals surface area contributed by atoms with Gasteiger partial charge in [0.25, 0.3) is 0 Å². The van der Waals surface area contributed by atoms with E-state index < -0.39 is 5.82 Å². The van der Waals surface area contributed by atoms with E-state index in [9.17, 15) is 9.50 Å². The summed E-state index contributed by atoms with van der Waals surface area (Å²) >= 11 is 0. The summed E-state index contributed by atoms with van der Waals surface area (Å²) in [5.41, 5.74) is 0.453. The summed E-state index contributed by atoms with van der Waals surface area (Å²) in [6.07, 6.45) is -0.183. The largest absolute Gasteiger partial charge is 0.508 e.